The van der Waals surface area contributed by atoms with Crippen LogP contribution in [0.25, 0.3) is 55.0 Å². The smallest absolute Gasteiger partial charge is 0.179 e. The van der Waals surface area contributed by atoms with E-state index in [2.05, 4.69) is 336 Å². The van der Waals surface area contributed by atoms with E-state index < -0.39 is 0 Å². The van der Waals surface area contributed by atoms with Crippen molar-refractivity contribution in [1.29, 1.82) is 0 Å². The first kappa shape index (κ1) is 92.6. The minimum Gasteiger partial charge on any atom is -0.487 e. The minimum absolute atomic E-state index is 0.372. The number of nitrogens with zero attached hydrogens (tertiary/aromatic N) is 16. The highest BCUT2D eigenvalue weighted by Crippen LogP contribution is 2.30. The van der Waals surface area contributed by atoms with Gasteiger partial charge in [-0.1, -0.05) is 250 Å². The molecule has 686 valence electrons. The zero-order chi connectivity index (χ0) is 93.0. The van der Waals surface area contributed by atoms with Crippen LogP contribution in [0.4, 0.5) is 0 Å². The number of ether oxygens (including phenoxy) is 4. The molecule has 24 nitrogen and oxygen atoms in total. The van der Waals surface area contributed by atoms with Crippen molar-refractivity contribution in [1.82, 2.24) is 102 Å². The molecule has 8 heterocycles. The monoisotopic (exact) mass is 1810 g/mol. The zero-order valence-corrected chi connectivity index (χ0v) is 77.1. The van der Waals surface area contributed by atoms with Gasteiger partial charge in [-0.15, -0.1) is 20.4 Å². The molecule has 0 amide bonds. The second-order valence-electron chi connectivity index (χ2n) is 34.5. The van der Waals surface area contributed by atoms with Crippen LogP contribution < -0.4 is 18.9 Å². The van der Waals surface area contributed by atoms with E-state index in [1.165, 1.54) is 61.2 Å². The van der Waals surface area contributed by atoms with Gasteiger partial charge in [0.2, 0.25) is 0 Å². The van der Waals surface area contributed by atoms with Crippen molar-refractivity contribution >= 4 is 43.6 Å². The van der Waals surface area contributed by atoms with E-state index in [0.717, 1.165) is 222 Å². The SMILES string of the molecule is CC(CCc1cccc(-c2nnn[nH]2)c1)c1cccc(OCc2ccc3ccccc3n2)c1.CC(Cc1nnn[nH]1)c1ccc(CCCc2ccc(OCc3ccc4ccccc4n3)cc2)cc1.c1ccc2nc(COc3ccc(CCCc4ccc(CCCc5nnn[nH]5)cc4)cc3)ccc2c1.c1ccc2nc(COc3ccc(CCCc4ccc(CCc5nnn[nH]5)cc4)cc3)ccc2c1. The molecule has 0 saturated carbocycles. The van der Waals surface area contributed by atoms with Crippen LogP contribution in [0.2, 0.25) is 0 Å². The van der Waals surface area contributed by atoms with Crippen LogP contribution in [0.3, 0.4) is 0 Å². The van der Waals surface area contributed by atoms with Gasteiger partial charge in [0, 0.05) is 46.4 Å². The number of rotatable bonds is 39. The summed E-state index contributed by atoms with van der Waals surface area (Å²) >= 11 is 0. The predicted octanol–water partition coefficient (Wildman–Crippen LogP) is 22.5. The van der Waals surface area contributed by atoms with Gasteiger partial charge in [-0.25, -0.2) is 40.3 Å². The maximum absolute atomic E-state index is 6.07. The van der Waals surface area contributed by atoms with Gasteiger partial charge in [-0.05, 0) is 308 Å². The summed E-state index contributed by atoms with van der Waals surface area (Å²) in [5, 5.41) is 60.7. The number of hydrogen-bond donors (Lipinski definition) is 4. The van der Waals surface area contributed by atoms with E-state index in [9.17, 15) is 0 Å². The molecule has 0 radical (unpaired) electrons. The normalized spacial score (nSPS) is 11.5. The van der Waals surface area contributed by atoms with Gasteiger partial charge >= 0.3 is 0 Å². The fourth-order valence-corrected chi connectivity index (χ4v) is 16.5. The Labute approximate surface area is 797 Å². The van der Waals surface area contributed by atoms with Crippen molar-refractivity contribution in [3.8, 4) is 34.4 Å². The van der Waals surface area contributed by atoms with E-state index in [1.54, 1.807) is 0 Å². The predicted molar refractivity (Wildman–Crippen MR) is 536 cm³/mol. The third-order valence-corrected chi connectivity index (χ3v) is 24.4. The highest BCUT2D eigenvalue weighted by atomic mass is 16.5. The number of aromatic nitrogens is 20. The largest absolute Gasteiger partial charge is 0.487 e. The van der Waals surface area contributed by atoms with Crippen LogP contribution in [-0.2, 0) is 103 Å². The number of benzene rings is 12. The Hall–Kier alpha value is -16.2. The standard InChI is InChI=1S/2C29H29N5O.C28H27N5O.C27H25N5O/c1-21(19-29-31-33-34-32-29)24-13-9-22(10-14-24)5-4-6-23-11-17-27(18-12-23)35-20-26-16-15-25-7-2-3-8-28(25)30-26;1-2-9-28-25(8-1)17-18-26(30-28)21-35-27-19-15-24(16-20-27)6-3-5-22-11-13-23(14-12-22)7-4-10-29-31-33-34-32-29;1-2-7-27-24(6-1)15-16-25(29-27)20-34-26-17-12-22(13-18-26)5-3-4-21-8-10-23(11-9-21)14-19-28-30-32-33-31-28;1-19(12-13-20-6-4-9-23(16-20)27-29-31-32-30-27)22-8-5-10-25(17-22)33-18-24-15-14-21-7-2-3-11-26(21)28-24/h2-3,7-18,21H,4-6,19-20H2,1H3,(H,31,32,33,34);1-2,8-9,11-20H,3-7,10,21H2,(H,31,32,33,34);1-2,6-13,15-18H,3-5,14,19-20H2,(H,30,31,32,33);2-11,14-17,19H,12-13,18H2,1H3,(H,29,30,31,32). The Bertz CT molecular complexity index is 7040. The summed E-state index contributed by atoms with van der Waals surface area (Å²) in [6.07, 6.45) is 17.2. The molecule has 0 fully saturated rings. The van der Waals surface area contributed by atoms with Crippen molar-refractivity contribution in [2.24, 2.45) is 0 Å². The molecule has 0 aliphatic heterocycles. The van der Waals surface area contributed by atoms with E-state index >= 15 is 0 Å². The molecule has 24 heteroatoms. The number of aromatic amines is 4. The molecule has 8 aromatic heterocycles. The highest BCUT2D eigenvalue weighted by molar-refractivity contribution is 5.81. The molecule has 12 aromatic carbocycles. The number of nitrogens with one attached hydrogen (secondary N) is 4. The van der Waals surface area contributed by atoms with E-state index in [4.69, 9.17) is 23.9 Å². The van der Waals surface area contributed by atoms with Crippen LogP contribution in [-0.4, -0.2) is 102 Å². The molecule has 2 atom stereocenters. The van der Waals surface area contributed by atoms with Gasteiger partial charge in [-0.2, -0.15) is 0 Å². The molecule has 0 aliphatic rings. The number of fused-ring (bicyclic) bond motifs is 4. The lowest BCUT2D eigenvalue weighted by atomic mass is 9.93. The van der Waals surface area contributed by atoms with Crippen molar-refractivity contribution in [3.05, 3.63) is 441 Å². The first-order valence-corrected chi connectivity index (χ1v) is 47.1. The summed E-state index contributed by atoms with van der Waals surface area (Å²) < 4.78 is 23.9. The van der Waals surface area contributed by atoms with Crippen molar-refractivity contribution < 1.29 is 18.9 Å². The van der Waals surface area contributed by atoms with E-state index in [-0.39, 0.29) is 0 Å². The molecule has 2 unspecified atom stereocenters. The first-order chi connectivity index (χ1) is 67.6. The van der Waals surface area contributed by atoms with Crippen LogP contribution >= 0.6 is 0 Å². The van der Waals surface area contributed by atoms with E-state index in [1.807, 2.05) is 115 Å². The lowest BCUT2D eigenvalue weighted by Gasteiger charge is -2.14. The van der Waals surface area contributed by atoms with Gasteiger partial charge < -0.3 is 18.9 Å². The number of tetrazole rings is 4. The van der Waals surface area contributed by atoms with Gasteiger partial charge in [0.25, 0.3) is 0 Å². The van der Waals surface area contributed by atoms with Crippen molar-refractivity contribution in [2.45, 2.75) is 161 Å². The topological polar surface area (TPSA) is 306 Å². The fourth-order valence-electron chi connectivity index (χ4n) is 16.5. The van der Waals surface area contributed by atoms with Gasteiger partial charge in [0.1, 0.15) is 66.9 Å². The minimum atomic E-state index is 0.372. The molecule has 20 rings (SSSR count). The second-order valence-corrected chi connectivity index (χ2v) is 34.5. The third kappa shape index (κ3) is 28.4. The summed E-state index contributed by atoms with van der Waals surface area (Å²) in [4.78, 5) is 18.7. The van der Waals surface area contributed by atoms with Crippen molar-refractivity contribution in [2.75, 3.05) is 0 Å². The zero-order valence-electron chi connectivity index (χ0n) is 77.1. The Morgan fingerprint density at radius 1 is 0.241 bits per heavy atom. The summed E-state index contributed by atoms with van der Waals surface area (Å²) in [6, 6.07) is 118. The number of para-hydroxylation sites is 4. The average molecular weight is 1810 g/mol. The lowest BCUT2D eigenvalue weighted by molar-refractivity contribution is 0.301. The summed E-state index contributed by atoms with van der Waals surface area (Å²) in [5.41, 5.74) is 23.3. The molecule has 0 saturated heterocycles. The van der Waals surface area contributed by atoms with Gasteiger partial charge in [-0.3, -0.25) is 0 Å². The number of H-pyrrole nitrogens is 4. The summed E-state index contributed by atoms with van der Waals surface area (Å²) in [6.45, 7) is 6.31. The van der Waals surface area contributed by atoms with Gasteiger partial charge in [0.05, 0.1) is 44.8 Å². The Morgan fingerprint density at radius 3 is 0.978 bits per heavy atom. The Kier molecular flexibility index (Phi) is 32.7. The summed E-state index contributed by atoms with van der Waals surface area (Å²) in [7, 11) is 0. The molecule has 0 spiro atoms. The number of hydrogen-bond acceptors (Lipinski definition) is 20. The summed E-state index contributed by atoms with van der Waals surface area (Å²) in [5.74, 6) is 7.45. The third-order valence-electron chi connectivity index (χ3n) is 24.4. The number of aryl methyl sites for hydroxylation is 11. The number of pyridine rings is 4. The quantitative estimate of drug-likeness (QED) is 0.0278. The molecule has 0 aliphatic carbocycles. The molecule has 0 bridgehead atoms. The van der Waals surface area contributed by atoms with Crippen LogP contribution in [0.5, 0.6) is 23.0 Å². The molecule has 20 aromatic rings. The molecular formula is C113H110N20O4. The second kappa shape index (κ2) is 48.4. The lowest BCUT2D eigenvalue weighted by Crippen LogP contribution is -2.01. The molecule has 137 heavy (non-hydrogen) atoms. The Balaban J connectivity index is 0.000000127. The average Bonchev–Trinajstić information content (AvgIpc) is 1.83. The van der Waals surface area contributed by atoms with Crippen molar-refractivity contribution in [3.63, 3.8) is 0 Å². The highest BCUT2D eigenvalue weighted by Gasteiger charge is 2.15. The Morgan fingerprint density at radius 2 is 0.584 bits per heavy atom. The van der Waals surface area contributed by atoms with E-state index in [0.29, 0.717) is 44.1 Å². The van der Waals surface area contributed by atoms with Crippen LogP contribution in [0.1, 0.15) is 159 Å². The van der Waals surface area contributed by atoms with Crippen LogP contribution in [0, 0.1) is 0 Å². The first-order valence-electron chi connectivity index (χ1n) is 47.1. The maximum atomic E-state index is 6.07. The molecular weight excluding hydrogens is 1700 g/mol. The fraction of sp³-hybridized carbons (Fsp3) is 0.221. The molecule has 4 N–H and O–H groups in total. The maximum Gasteiger partial charge on any atom is 0.179 e. The van der Waals surface area contributed by atoms with Crippen LogP contribution in [0.15, 0.2) is 340 Å². The van der Waals surface area contributed by atoms with Gasteiger partial charge in [0.15, 0.2) is 5.82 Å².